The molecule has 0 bridgehead atoms. The third-order valence-corrected chi connectivity index (χ3v) is 2.99. The molecule has 0 spiro atoms. The third-order valence-electron chi connectivity index (χ3n) is 2.99. The Balaban J connectivity index is 1.87. The van der Waals surface area contributed by atoms with E-state index in [0.717, 1.165) is 19.3 Å². The lowest BCUT2D eigenvalue weighted by atomic mass is 10.1. The van der Waals surface area contributed by atoms with Gasteiger partial charge in [-0.3, -0.25) is 4.79 Å². The minimum absolute atomic E-state index is 0.379. The van der Waals surface area contributed by atoms with E-state index in [4.69, 9.17) is 9.57 Å². The Labute approximate surface area is 117 Å². The number of hydroxylamine groups is 1. The van der Waals surface area contributed by atoms with Gasteiger partial charge in [0, 0.05) is 18.6 Å². The largest absolute Gasteiger partial charge is 0.465 e. The fourth-order valence-electron chi connectivity index (χ4n) is 1.86. The summed E-state index contributed by atoms with van der Waals surface area (Å²) in [7, 11) is 1.31. The lowest BCUT2D eigenvalue weighted by molar-refractivity contribution is -0.186. The Kier molecular flexibility index (Phi) is 5.09. The first kappa shape index (κ1) is 14.5. The van der Waals surface area contributed by atoms with E-state index < -0.39 is 5.97 Å². The van der Waals surface area contributed by atoms with Crippen LogP contribution in [0.15, 0.2) is 24.3 Å². The van der Waals surface area contributed by atoms with Crippen LogP contribution in [0, 0.1) is 0 Å². The predicted octanol–water partition coefficient (Wildman–Crippen LogP) is 1.66. The Morgan fingerprint density at radius 3 is 2.50 bits per heavy atom. The standard InChI is InChI=1S/C14H17NO5/c1-18-14(17)11-7-5-10(6-8-11)13(16)15-20-12-4-2-3-9-19-12/h5-8,12H,2-4,9H2,1H3,(H,15,16)/t12-/m1/s1. The molecule has 0 saturated carbocycles. The smallest absolute Gasteiger partial charge is 0.337 e. The number of carbonyl (C=O) groups is 2. The highest BCUT2D eigenvalue weighted by Gasteiger charge is 2.16. The maximum Gasteiger partial charge on any atom is 0.337 e. The number of nitrogens with one attached hydrogen (secondary N) is 1. The molecular weight excluding hydrogens is 262 g/mol. The number of ether oxygens (including phenoxy) is 2. The van der Waals surface area contributed by atoms with Crippen molar-refractivity contribution in [3.8, 4) is 0 Å². The Morgan fingerprint density at radius 1 is 1.20 bits per heavy atom. The van der Waals surface area contributed by atoms with Gasteiger partial charge in [0.25, 0.3) is 5.91 Å². The molecule has 108 valence electrons. The predicted molar refractivity (Wildman–Crippen MR) is 69.9 cm³/mol. The van der Waals surface area contributed by atoms with Crippen LogP contribution >= 0.6 is 0 Å². The van der Waals surface area contributed by atoms with Crippen molar-refractivity contribution in [1.82, 2.24) is 5.48 Å². The monoisotopic (exact) mass is 279 g/mol. The van der Waals surface area contributed by atoms with Gasteiger partial charge in [-0.25, -0.2) is 15.1 Å². The van der Waals surface area contributed by atoms with Gasteiger partial charge in [0.2, 0.25) is 0 Å². The molecule has 1 aromatic rings. The SMILES string of the molecule is COC(=O)c1ccc(C(=O)NO[C@@H]2CCCCO2)cc1. The summed E-state index contributed by atoms with van der Waals surface area (Å²) >= 11 is 0. The molecule has 1 aliphatic rings. The fourth-order valence-corrected chi connectivity index (χ4v) is 1.86. The molecule has 2 rings (SSSR count). The van der Waals surface area contributed by atoms with E-state index in [1.807, 2.05) is 0 Å². The molecule has 0 aliphatic carbocycles. The van der Waals surface area contributed by atoms with Crippen molar-refractivity contribution in [3.63, 3.8) is 0 Å². The molecule has 1 atom stereocenters. The number of hydrogen-bond donors (Lipinski definition) is 1. The van der Waals surface area contributed by atoms with Crippen LogP contribution in [-0.4, -0.2) is 31.9 Å². The van der Waals surface area contributed by atoms with Crippen LogP contribution in [-0.2, 0) is 14.3 Å². The lowest BCUT2D eigenvalue weighted by Crippen LogP contribution is -2.33. The van der Waals surface area contributed by atoms with Crippen LogP contribution in [0.25, 0.3) is 0 Å². The lowest BCUT2D eigenvalue weighted by Gasteiger charge is -2.22. The molecule has 0 radical (unpaired) electrons. The minimum atomic E-state index is -0.441. The molecule has 0 aromatic heterocycles. The van der Waals surface area contributed by atoms with Crippen molar-refractivity contribution in [3.05, 3.63) is 35.4 Å². The van der Waals surface area contributed by atoms with Gasteiger partial charge >= 0.3 is 5.97 Å². The summed E-state index contributed by atoms with van der Waals surface area (Å²) in [6.07, 6.45) is 2.42. The highest BCUT2D eigenvalue weighted by molar-refractivity contribution is 5.95. The zero-order valence-corrected chi connectivity index (χ0v) is 11.3. The number of rotatable bonds is 4. The first-order chi connectivity index (χ1) is 9.70. The van der Waals surface area contributed by atoms with Crippen molar-refractivity contribution < 1.29 is 23.9 Å². The fraction of sp³-hybridized carbons (Fsp3) is 0.429. The zero-order chi connectivity index (χ0) is 14.4. The van der Waals surface area contributed by atoms with Crippen LogP contribution in [0.4, 0.5) is 0 Å². The molecule has 1 fully saturated rings. The molecule has 6 heteroatoms. The first-order valence-electron chi connectivity index (χ1n) is 6.46. The van der Waals surface area contributed by atoms with Gasteiger partial charge in [-0.15, -0.1) is 0 Å². The summed E-state index contributed by atoms with van der Waals surface area (Å²) < 4.78 is 9.91. The van der Waals surface area contributed by atoms with Crippen LogP contribution < -0.4 is 5.48 Å². The van der Waals surface area contributed by atoms with E-state index in [9.17, 15) is 9.59 Å². The van der Waals surface area contributed by atoms with Crippen molar-refractivity contribution in [1.29, 1.82) is 0 Å². The summed E-state index contributed by atoms with van der Waals surface area (Å²) in [6, 6.07) is 6.12. The average Bonchev–Trinajstić information content (AvgIpc) is 2.53. The Morgan fingerprint density at radius 2 is 1.90 bits per heavy atom. The van der Waals surface area contributed by atoms with Crippen LogP contribution in [0.3, 0.4) is 0 Å². The van der Waals surface area contributed by atoms with Gasteiger partial charge < -0.3 is 9.47 Å². The topological polar surface area (TPSA) is 73.9 Å². The van der Waals surface area contributed by atoms with E-state index >= 15 is 0 Å². The van der Waals surface area contributed by atoms with Gasteiger partial charge in [-0.05, 0) is 37.1 Å². The van der Waals surface area contributed by atoms with Gasteiger partial charge in [0.1, 0.15) is 0 Å². The Bertz CT molecular complexity index is 465. The van der Waals surface area contributed by atoms with E-state index in [2.05, 4.69) is 10.2 Å². The van der Waals surface area contributed by atoms with E-state index in [0.29, 0.717) is 17.7 Å². The second-order valence-corrected chi connectivity index (χ2v) is 4.41. The highest BCUT2D eigenvalue weighted by Crippen LogP contribution is 2.13. The summed E-state index contributed by atoms with van der Waals surface area (Å²) in [4.78, 5) is 28.3. The average molecular weight is 279 g/mol. The maximum absolute atomic E-state index is 11.8. The molecular formula is C14H17NO5. The molecule has 1 N–H and O–H groups in total. The van der Waals surface area contributed by atoms with Crippen molar-refractivity contribution in [2.45, 2.75) is 25.6 Å². The number of benzene rings is 1. The molecule has 20 heavy (non-hydrogen) atoms. The van der Waals surface area contributed by atoms with E-state index in [1.165, 1.54) is 31.4 Å². The number of esters is 1. The second kappa shape index (κ2) is 7.02. The number of carbonyl (C=O) groups excluding carboxylic acids is 2. The summed E-state index contributed by atoms with van der Waals surface area (Å²) in [5.74, 6) is -0.820. The number of hydrogen-bond acceptors (Lipinski definition) is 5. The third kappa shape index (κ3) is 3.79. The molecule has 1 aromatic carbocycles. The molecule has 1 saturated heterocycles. The first-order valence-corrected chi connectivity index (χ1v) is 6.46. The molecule has 1 aliphatic heterocycles. The number of methoxy groups -OCH3 is 1. The maximum atomic E-state index is 11.8. The van der Waals surface area contributed by atoms with Gasteiger partial charge in [0.05, 0.1) is 12.7 Å². The van der Waals surface area contributed by atoms with Gasteiger partial charge in [-0.1, -0.05) is 0 Å². The summed E-state index contributed by atoms with van der Waals surface area (Å²) in [6.45, 7) is 0.647. The summed E-state index contributed by atoms with van der Waals surface area (Å²) in [5.41, 5.74) is 3.14. The van der Waals surface area contributed by atoms with Crippen LogP contribution in [0.1, 0.15) is 40.0 Å². The highest BCUT2D eigenvalue weighted by atomic mass is 16.8. The normalized spacial score (nSPS) is 18.4. The minimum Gasteiger partial charge on any atom is -0.465 e. The van der Waals surface area contributed by atoms with Crippen LogP contribution in [0.5, 0.6) is 0 Å². The van der Waals surface area contributed by atoms with Crippen LogP contribution in [0.2, 0.25) is 0 Å². The molecule has 1 heterocycles. The van der Waals surface area contributed by atoms with Crippen molar-refractivity contribution >= 4 is 11.9 Å². The van der Waals surface area contributed by atoms with Crippen molar-refractivity contribution in [2.24, 2.45) is 0 Å². The Hall–Kier alpha value is -1.92. The quantitative estimate of drug-likeness (QED) is 0.670. The zero-order valence-electron chi connectivity index (χ0n) is 11.3. The van der Waals surface area contributed by atoms with E-state index in [1.54, 1.807) is 0 Å². The van der Waals surface area contributed by atoms with E-state index in [-0.39, 0.29) is 12.2 Å². The van der Waals surface area contributed by atoms with Gasteiger partial charge in [0.15, 0.2) is 6.29 Å². The molecule has 6 nitrogen and oxygen atoms in total. The second-order valence-electron chi connectivity index (χ2n) is 4.41. The van der Waals surface area contributed by atoms with Gasteiger partial charge in [-0.2, -0.15) is 0 Å². The number of amides is 1. The molecule has 1 amide bonds. The summed E-state index contributed by atoms with van der Waals surface area (Å²) in [5, 5.41) is 0. The molecule has 0 unspecified atom stereocenters. The van der Waals surface area contributed by atoms with Crippen molar-refractivity contribution in [2.75, 3.05) is 13.7 Å².